The maximum Gasteiger partial charge on any atom is 0.319 e. The molecule has 0 aliphatic heterocycles. The molecule has 0 spiro atoms. The first-order valence-corrected chi connectivity index (χ1v) is 8.94. The van der Waals surface area contributed by atoms with Crippen molar-refractivity contribution in [1.29, 1.82) is 0 Å². The molecule has 3 amide bonds. The van der Waals surface area contributed by atoms with E-state index in [4.69, 9.17) is 27.9 Å². The number of anilines is 1. The lowest BCUT2D eigenvalue weighted by Crippen LogP contribution is -2.29. The van der Waals surface area contributed by atoms with Gasteiger partial charge in [0.1, 0.15) is 5.75 Å². The summed E-state index contributed by atoms with van der Waals surface area (Å²) in [6.45, 7) is 2.02. The summed E-state index contributed by atoms with van der Waals surface area (Å²) < 4.78 is 5.57. The van der Waals surface area contributed by atoms with E-state index in [2.05, 4.69) is 10.6 Å². The van der Waals surface area contributed by atoms with Crippen LogP contribution in [0.3, 0.4) is 0 Å². The number of hydrogen-bond acceptors (Lipinski definition) is 3. The Kier molecular flexibility index (Phi) is 7.33. The van der Waals surface area contributed by atoms with Gasteiger partial charge < -0.3 is 20.3 Å². The lowest BCUT2D eigenvalue weighted by atomic mass is 10.2. The molecule has 2 N–H and O–H groups in total. The van der Waals surface area contributed by atoms with Crippen LogP contribution in [0.5, 0.6) is 5.75 Å². The maximum absolute atomic E-state index is 12.2. The van der Waals surface area contributed by atoms with Crippen molar-refractivity contribution < 1.29 is 14.3 Å². The second kappa shape index (κ2) is 9.48. The third kappa shape index (κ3) is 6.34. The van der Waals surface area contributed by atoms with Crippen LogP contribution in [0.2, 0.25) is 10.0 Å². The quantitative estimate of drug-likeness (QED) is 0.754. The van der Waals surface area contributed by atoms with Crippen molar-refractivity contribution in [2.24, 2.45) is 0 Å². The van der Waals surface area contributed by atoms with E-state index in [0.29, 0.717) is 21.5 Å². The van der Waals surface area contributed by atoms with E-state index in [1.807, 2.05) is 13.0 Å². The molecule has 0 fully saturated rings. The van der Waals surface area contributed by atoms with Crippen molar-refractivity contribution in [1.82, 2.24) is 10.2 Å². The number of nitrogens with one attached hydrogen (secondary N) is 2. The van der Waals surface area contributed by atoms with Gasteiger partial charge >= 0.3 is 6.03 Å². The molecule has 0 bridgehead atoms. The summed E-state index contributed by atoms with van der Waals surface area (Å²) >= 11 is 12.0. The molecule has 0 aromatic heterocycles. The van der Waals surface area contributed by atoms with Gasteiger partial charge in [-0.1, -0.05) is 35.3 Å². The minimum absolute atomic E-state index is 0.118. The standard InChI is InChI=1S/C19H21Cl2N3O3/c1-12-4-7-16(17(8-12)27-11-18(25)24(2)3)23-19(26)22-10-13-5-6-14(20)9-15(13)21/h4-9H,10-11H2,1-3H3,(H2,22,23,26). The number of rotatable bonds is 6. The topological polar surface area (TPSA) is 70.7 Å². The SMILES string of the molecule is Cc1ccc(NC(=O)NCc2ccc(Cl)cc2Cl)c(OCC(=O)N(C)C)c1. The van der Waals surface area contributed by atoms with E-state index < -0.39 is 6.03 Å². The Morgan fingerprint density at radius 1 is 1.11 bits per heavy atom. The van der Waals surface area contributed by atoms with Crippen LogP contribution in [0.15, 0.2) is 36.4 Å². The van der Waals surface area contributed by atoms with Crippen LogP contribution in [-0.2, 0) is 11.3 Å². The lowest BCUT2D eigenvalue weighted by Gasteiger charge is -2.15. The number of benzene rings is 2. The van der Waals surface area contributed by atoms with Gasteiger partial charge in [0.15, 0.2) is 6.61 Å². The van der Waals surface area contributed by atoms with E-state index in [1.165, 1.54) is 4.90 Å². The molecule has 0 aliphatic carbocycles. The molecule has 0 unspecified atom stereocenters. The normalized spacial score (nSPS) is 10.3. The lowest BCUT2D eigenvalue weighted by molar-refractivity contribution is -0.130. The van der Waals surface area contributed by atoms with Crippen molar-refractivity contribution in [2.45, 2.75) is 13.5 Å². The summed E-state index contributed by atoms with van der Waals surface area (Å²) in [5, 5.41) is 6.45. The third-order valence-electron chi connectivity index (χ3n) is 3.69. The first kappa shape index (κ1) is 20.9. The number of carbonyl (C=O) groups is 2. The van der Waals surface area contributed by atoms with Crippen LogP contribution < -0.4 is 15.4 Å². The molecule has 8 heteroatoms. The van der Waals surface area contributed by atoms with E-state index in [9.17, 15) is 9.59 Å². The summed E-state index contributed by atoms with van der Waals surface area (Å²) in [6.07, 6.45) is 0. The van der Waals surface area contributed by atoms with E-state index in [-0.39, 0.29) is 19.1 Å². The number of carbonyl (C=O) groups excluding carboxylic acids is 2. The molecule has 0 atom stereocenters. The Morgan fingerprint density at radius 3 is 2.52 bits per heavy atom. The fourth-order valence-corrected chi connectivity index (χ4v) is 2.60. The van der Waals surface area contributed by atoms with Crippen molar-refractivity contribution in [2.75, 3.05) is 26.0 Å². The van der Waals surface area contributed by atoms with E-state index in [1.54, 1.807) is 44.4 Å². The fraction of sp³-hybridized carbons (Fsp3) is 0.263. The molecule has 2 rings (SSSR count). The molecule has 2 aromatic rings. The molecule has 0 saturated heterocycles. The first-order chi connectivity index (χ1) is 12.8. The minimum Gasteiger partial charge on any atom is -0.482 e. The molecule has 144 valence electrons. The zero-order valence-electron chi connectivity index (χ0n) is 15.3. The largest absolute Gasteiger partial charge is 0.482 e. The number of hydrogen-bond donors (Lipinski definition) is 2. The monoisotopic (exact) mass is 409 g/mol. The summed E-state index contributed by atoms with van der Waals surface area (Å²) in [5.74, 6) is 0.245. The molecule has 0 radical (unpaired) electrons. The molecule has 0 heterocycles. The number of aryl methyl sites for hydroxylation is 1. The van der Waals surface area contributed by atoms with Gasteiger partial charge in [0, 0.05) is 30.7 Å². The number of urea groups is 1. The van der Waals surface area contributed by atoms with Crippen LogP contribution in [0.4, 0.5) is 10.5 Å². The highest BCUT2D eigenvalue weighted by Crippen LogP contribution is 2.26. The molecule has 2 aromatic carbocycles. The van der Waals surface area contributed by atoms with Crippen LogP contribution in [0.25, 0.3) is 0 Å². The Balaban J connectivity index is 2.00. The number of ether oxygens (including phenoxy) is 1. The van der Waals surface area contributed by atoms with Crippen molar-refractivity contribution in [3.63, 3.8) is 0 Å². The van der Waals surface area contributed by atoms with Gasteiger partial charge in [0.25, 0.3) is 5.91 Å². The molecule has 0 saturated carbocycles. The Labute approximate surface area is 168 Å². The van der Waals surface area contributed by atoms with Gasteiger partial charge in [-0.3, -0.25) is 4.79 Å². The molecular weight excluding hydrogens is 389 g/mol. The van der Waals surface area contributed by atoms with Crippen molar-refractivity contribution in [3.8, 4) is 5.75 Å². The number of likely N-dealkylation sites (N-methyl/N-ethyl adjacent to an activating group) is 1. The second-order valence-corrected chi connectivity index (χ2v) is 6.96. The Morgan fingerprint density at radius 2 is 1.85 bits per heavy atom. The first-order valence-electron chi connectivity index (χ1n) is 8.18. The highest BCUT2D eigenvalue weighted by molar-refractivity contribution is 6.35. The molecule has 27 heavy (non-hydrogen) atoms. The van der Waals surface area contributed by atoms with Crippen LogP contribution in [0, 0.1) is 6.92 Å². The zero-order chi connectivity index (χ0) is 20.0. The number of amides is 3. The van der Waals surface area contributed by atoms with Gasteiger partial charge in [-0.2, -0.15) is 0 Å². The Bertz CT molecular complexity index is 841. The van der Waals surface area contributed by atoms with Gasteiger partial charge in [-0.25, -0.2) is 4.79 Å². The third-order valence-corrected chi connectivity index (χ3v) is 4.28. The molecular formula is C19H21Cl2N3O3. The van der Waals surface area contributed by atoms with Gasteiger partial charge in [0.2, 0.25) is 0 Å². The second-order valence-electron chi connectivity index (χ2n) is 6.12. The predicted octanol–water partition coefficient (Wildman–Crippen LogP) is 4.09. The van der Waals surface area contributed by atoms with Crippen LogP contribution in [0.1, 0.15) is 11.1 Å². The van der Waals surface area contributed by atoms with Gasteiger partial charge in [0.05, 0.1) is 5.69 Å². The summed E-state index contributed by atoms with van der Waals surface area (Å²) in [7, 11) is 3.30. The van der Waals surface area contributed by atoms with Gasteiger partial charge in [-0.05, 0) is 42.3 Å². The van der Waals surface area contributed by atoms with Crippen molar-refractivity contribution in [3.05, 3.63) is 57.6 Å². The molecule has 0 aliphatic rings. The smallest absolute Gasteiger partial charge is 0.319 e. The predicted molar refractivity (Wildman–Crippen MR) is 108 cm³/mol. The highest BCUT2D eigenvalue weighted by atomic mass is 35.5. The number of halogens is 2. The fourth-order valence-electron chi connectivity index (χ4n) is 2.13. The van der Waals surface area contributed by atoms with Crippen molar-refractivity contribution >= 4 is 40.8 Å². The summed E-state index contributed by atoms with van der Waals surface area (Å²) in [5.41, 5.74) is 2.15. The minimum atomic E-state index is -0.423. The Hall–Kier alpha value is -2.44. The van der Waals surface area contributed by atoms with E-state index >= 15 is 0 Å². The van der Waals surface area contributed by atoms with Crippen LogP contribution >= 0.6 is 23.2 Å². The average Bonchev–Trinajstić information content (AvgIpc) is 2.60. The highest BCUT2D eigenvalue weighted by Gasteiger charge is 2.12. The summed E-state index contributed by atoms with van der Waals surface area (Å²) in [4.78, 5) is 25.4. The van der Waals surface area contributed by atoms with E-state index in [0.717, 1.165) is 11.1 Å². The van der Waals surface area contributed by atoms with Crippen LogP contribution in [-0.4, -0.2) is 37.5 Å². The number of nitrogens with zero attached hydrogens (tertiary/aromatic N) is 1. The van der Waals surface area contributed by atoms with Gasteiger partial charge in [-0.15, -0.1) is 0 Å². The average molecular weight is 410 g/mol. The summed E-state index contributed by atoms with van der Waals surface area (Å²) in [6, 6.07) is 9.97. The molecule has 6 nitrogen and oxygen atoms in total. The zero-order valence-corrected chi connectivity index (χ0v) is 16.8. The maximum atomic E-state index is 12.2.